The number of hydrogen-bond donors (Lipinski definition) is 2. The van der Waals surface area contributed by atoms with Crippen LogP contribution >= 0.6 is 34.7 Å². The number of aromatic nitrogens is 1. The van der Waals surface area contributed by atoms with Crippen LogP contribution in [0.4, 0.5) is 10.8 Å². The van der Waals surface area contributed by atoms with Gasteiger partial charge in [-0.05, 0) is 31.2 Å². The lowest BCUT2D eigenvalue weighted by Gasteiger charge is -2.23. The van der Waals surface area contributed by atoms with Crippen molar-refractivity contribution in [2.24, 2.45) is 0 Å². The molecule has 0 spiro atoms. The second-order valence-corrected chi connectivity index (χ2v) is 9.16. The van der Waals surface area contributed by atoms with Crippen molar-refractivity contribution in [2.75, 3.05) is 10.6 Å². The van der Waals surface area contributed by atoms with E-state index in [0.717, 1.165) is 26.7 Å². The molecule has 5 nitrogen and oxygen atoms in total. The molecule has 3 aromatic rings. The van der Waals surface area contributed by atoms with E-state index in [4.69, 9.17) is 11.6 Å². The van der Waals surface area contributed by atoms with Gasteiger partial charge in [-0.25, -0.2) is 4.98 Å². The maximum Gasteiger partial charge on any atom is 0.238 e. The summed E-state index contributed by atoms with van der Waals surface area (Å²) in [5.74, 6) is -0.396. The van der Waals surface area contributed by atoms with Crippen LogP contribution in [0.2, 0.25) is 5.02 Å². The Balaban J connectivity index is 1.45. The van der Waals surface area contributed by atoms with Gasteiger partial charge in [0.2, 0.25) is 11.8 Å². The molecular formula is C20H16ClN3O2S2. The van der Waals surface area contributed by atoms with Crippen LogP contribution in [0.25, 0.3) is 11.3 Å². The number of rotatable bonds is 4. The zero-order chi connectivity index (χ0) is 19.7. The largest absolute Gasteiger partial charge is 0.324 e. The molecule has 0 saturated heterocycles. The molecule has 0 radical (unpaired) electrons. The average molecular weight is 430 g/mol. The Morgan fingerprint density at radius 2 is 2.07 bits per heavy atom. The molecule has 2 amide bonds. The maximum atomic E-state index is 12.5. The number of carbonyl (C=O) groups excluding carboxylic acids is 2. The zero-order valence-corrected chi connectivity index (χ0v) is 17.3. The number of nitrogens with zero attached hydrogens (tertiary/aromatic N) is 1. The Morgan fingerprint density at radius 1 is 1.25 bits per heavy atom. The number of hydrogen-bond acceptors (Lipinski definition) is 5. The highest BCUT2D eigenvalue weighted by Gasteiger charge is 2.29. The van der Waals surface area contributed by atoms with E-state index in [2.05, 4.69) is 15.6 Å². The summed E-state index contributed by atoms with van der Waals surface area (Å²) in [5.41, 5.74) is 2.48. The van der Waals surface area contributed by atoms with Gasteiger partial charge in [-0.1, -0.05) is 35.9 Å². The molecule has 0 fully saturated rings. The lowest BCUT2D eigenvalue weighted by atomic mass is 10.1. The summed E-state index contributed by atoms with van der Waals surface area (Å²) in [7, 11) is 0. The number of benzene rings is 2. The summed E-state index contributed by atoms with van der Waals surface area (Å²) in [6, 6.07) is 15.0. The summed E-state index contributed by atoms with van der Waals surface area (Å²) in [5, 5.41) is 6.35. The Labute approximate surface area is 175 Å². The minimum atomic E-state index is -0.469. The minimum Gasteiger partial charge on any atom is -0.324 e. The van der Waals surface area contributed by atoms with Crippen LogP contribution in [0.5, 0.6) is 0 Å². The molecule has 8 heteroatoms. The highest BCUT2D eigenvalue weighted by Crippen LogP contribution is 2.37. The highest BCUT2D eigenvalue weighted by molar-refractivity contribution is 8.01. The second kappa shape index (κ2) is 7.95. The molecule has 0 bridgehead atoms. The van der Waals surface area contributed by atoms with Crippen molar-refractivity contribution in [1.82, 2.24) is 4.98 Å². The normalized spacial score (nSPS) is 15.6. The van der Waals surface area contributed by atoms with Crippen LogP contribution in [0, 0.1) is 6.92 Å². The molecule has 0 saturated carbocycles. The number of thiazole rings is 1. The molecule has 4 rings (SSSR count). The summed E-state index contributed by atoms with van der Waals surface area (Å²) in [4.78, 5) is 31.3. The number of para-hydroxylation sites is 1. The monoisotopic (exact) mass is 429 g/mol. The standard InChI is InChI=1S/C20H16ClN3O2S2/c1-11-18(12-5-4-6-13(21)9-12)24-20(27-11)23-17(25)10-16-19(26)22-14-7-2-3-8-15(14)28-16/h2-9,16H,10H2,1H3,(H,22,26)(H,23,24,25). The van der Waals surface area contributed by atoms with Crippen LogP contribution in [0.1, 0.15) is 11.3 Å². The molecule has 2 heterocycles. The van der Waals surface area contributed by atoms with Crippen LogP contribution in [0.3, 0.4) is 0 Å². The predicted molar refractivity (Wildman–Crippen MR) is 115 cm³/mol. The molecule has 2 N–H and O–H groups in total. The fraction of sp³-hybridized carbons (Fsp3) is 0.150. The number of thioether (sulfide) groups is 1. The van der Waals surface area contributed by atoms with E-state index in [1.807, 2.05) is 49.4 Å². The van der Waals surface area contributed by atoms with Gasteiger partial charge >= 0.3 is 0 Å². The molecule has 1 aliphatic rings. The first-order chi connectivity index (χ1) is 13.5. The molecule has 1 aliphatic heterocycles. The number of aryl methyl sites for hydroxylation is 1. The van der Waals surface area contributed by atoms with Gasteiger partial charge < -0.3 is 10.6 Å². The smallest absolute Gasteiger partial charge is 0.238 e. The third kappa shape index (κ3) is 4.06. The number of anilines is 2. The van der Waals surface area contributed by atoms with E-state index >= 15 is 0 Å². The van der Waals surface area contributed by atoms with E-state index < -0.39 is 5.25 Å². The van der Waals surface area contributed by atoms with E-state index in [0.29, 0.717) is 10.2 Å². The molecule has 2 aromatic carbocycles. The van der Waals surface area contributed by atoms with Gasteiger partial charge in [-0.15, -0.1) is 23.1 Å². The van der Waals surface area contributed by atoms with E-state index in [-0.39, 0.29) is 18.2 Å². The molecule has 1 atom stereocenters. The van der Waals surface area contributed by atoms with Crippen LogP contribution in [-0.4, -0.2) is 22.0 Å². The molecule has 0 aliphatic carbocycles. The Morgan fingerprint density at radius 3 is 2.89 bits per heavy atom. The third-order valence-corrected chi connectivity index (χ3v) is 6.61. The SMILES string of the molecule is Cc1sc(NC(=O)CC2Sc3ccccc3NC2=O)nc1-c1cccc(Cl)c1. The second-order valence-electron chi connectivity index (χ2n) is 6.28. The summed E-state index contributed by atoms with van der Waals surface area (Å²) < 4.78 is 0. The first-order valence-corrected chi connectivity index (χ1v) is 10.7. The van der Waals surface area contributed by atoms with Crippen molar-refractivity contribution in [3.8, 4) is 11.3 Å². The number of carbonyl (C=O) groups is 2. The minimum absolute atomic E-state index is 0.0793. The number of halogens is 1. The fourth-order valence-corrected chi connectivity index (χ4v) is 5.07. The summed E-state index contributed by atoms with van der Waals surface area (Å²) >= 11 is 8.87. The van der Waals surface area contributed by atoms with Gasteiger partial charge in [0.1, 0.15) is 0 Å². The lowest BCUT2D eigenvalue weighted by molar-refractivity contribution is -0.120. The van der Waals surface area contributed by atoms with Gasteiger partial charge in [-0.3, -0.25) is 9.59 Å². The number of amides is 2. The van der Waals surface area contributed by atoms with Crippen LogP contribution < -0.4 is 10.6 Å². The predicted octanol–water partition coefficient (Wildman–Crippen LogP) is 5.21. The van der Waals surface area contributed by atoms with Crippen molar-refractivity contribution < 1.29 is 9.59 Å². The first kappa shape index (κ1) is 19.0. The van der Waals surface area contributed by atoms with Crippen molar-refractivity contribution in [1.29, 1.82) is 0 Å². The Bertz CT molecular complexity index is 1070. The van der Waals surface area contributed by atoms with Crippen molar-refractivity contribution >= 4 is 57.3 Å². The highest BCUT2D eigenvalue weighted by atomic mass is 35.5. The summed E-state index contributed by atoms with van der Waals surface area (Å²) in [6.45, 7) is 1.95. The quantitative estimate of drug-likeness (QED) is 0.596. The molecule has 142 valence electrons. The number of nitrogens with one attached hydrogen (secondary N) is 2. The van der Waals surface area contributed by atoms with E-state index in [1.54, 1.807) is 6.07 Å². The topological polar surface area (TPSA) is 71.1 Å². The zero-order valence-electron chi connectivity index (χ0n) is 14.9. The van der Waals surface area contributed by atoms with Crippen molar-refractivity contribution in [2.45, 2.75) is 23.5 Å². The third-order valence-electron chi connectivity index (χ3n) is 4.22. The van der Waals surface area contributed by atoms with E-state index in [9.17, 15) is 9.59 Å². The average Bonchev–Trinajstić information content (AvgIpc) is 3.02. The van der Waals surface area contributed by atoms with Crippen molar-refractivity contribution in [3.05, 3.63) is 58.4 Å². The Hall–Kier alpha value is -2.35. The molecule has 1 unspecified atom stereocenters. The Kier molecular flexibility index (Phi) is 5.39. The van der Waals surface area contributed by atoms with Gasteiger partial charge in [0.15, 0.2) is 5.13 Å². The van der Waals surface area contributed by atoms with Crippen molar-refractivity contribution in [3.63, 3.8) is 0 Å². The molecule has 28 heavy (non-hydrogen) atoms. The fourth-order valence-electron chi connectivity index (χ4n) is 2.92. The first-order valence-electron chi connectivity index (χ1n) is 8.59. The van der Waals surface area contributed by atoms with Gasteiger partial charge in [0.25, 0.3) is 0 Å². The molecule has 1 aromatic heterocycles. The molecular weight excluding hydrogens is 414 g/mol. The number of fused-ring (bicyclic) bond motifs is 1. The lowest BCUT2D eigenvalue weighted by Crippen LogP contribution is -2.32. The van der Waals surface area contributed by atoms with Crippen LogP contribution in [-0.2, 0) is 9.59 Å². The maximum absolute atomic E-state index is 12.5. The van der Waals surface area contributed by atoms with E-state index in [1.165, 1.54) is 23.1 Å². The summed E-state index contributed by atoms with van der Waals surface area (Å²) in [6.07, 6.45) is 0.0793. The van der Waals surface area contributed by atoms with Crippen LogP contribution in [0.15, 0.2) is 53.4 Å². The van der Waals surface area contributed by atoms with Gasteiger partial charge in [-0.2, -0.15) is 0 Å². The van der Waals surface area contributed by atoms with Gasteiger partial charge in [0, 0.05) is 26.8 Å². The van der Waals surface area contributed by atoms with Gasteiger partial charge in [0.05, 0.1) is 16.6 Å².